The zero-order valence-electron chi connectivity index (χ0n) is 15.8. The highest BCUT2D eigenvalue weighted by Crippen LogP contribution is 2.37. The van der Waals surface area contributed by atoms with Gasteiger partial charge in [0.25, 0.3) is 5.91 Å². The number of hydrazone groups is 1. The lowest BCUT2D eigenvalue weighted by molar-refractivity contribution is -0.123. The number of rotatable bonds is 7. The maximum Gasteiger partial charge on any atom is 0.277 e. The molecule has 0 atom stereocenters. The number of fused-ring (bicyclic) bond motifs is 2. The van der Waals surface area contributed by atoms with Crippen LogP contribution in [0.15, 0.2) is 53.8 Å². The minimum absolute atomic E-state index is 0.165. The van der Waals surface area contributed by atoms with E-state index in [1.807, 2.05) is 31.2 Å². The van der Waals surface area contributed by atoms with E-state index in [2.05, 4.69) is 15.5 Å². The van der Waals surface area contributed by atoms with E-state index in [1.54, 1.807) is 24.4 Å². The van der Waals surface area contributed by atoms with E-state index in [9.17, 15) is 4.79 Å². The molecule has 8 heteroatoms. The predicted molar refractivity (Wildman–Crippen MR) is 107 cm³/mol. The van der Waals surface area contributed by atoms with Gasteiger partial charge in [0.15, 0.2) is 18.1 Å². The second-order valence-corrected chi connectivity index (χ2v) is 6.09. The number of para-hydroxylation sites is 1. The Morgan fingerprint density at radius 3 is 2.86 bits per heavy atom. The van der Waals surface area contributed by atoms with Gasteiger partial charge in [-0.3, -0.25) is 9.78 Å². The molecule has 0 bridgehead atoms. The molecule has 0 spiro atoms. The molecule has 1 N–H and O–H groups in total. The van der Waals surface area contributed by atoms with E-state index in [1.165, 1.54) is 6.21 Å². The Morgan fingerprint density at radius 1 is 1.17 bits per heavy atom. The summed E-state index contributed by atoms with van der Waals surface area (Å²) in [6, 6.07) is 12.8. The molecule has 4 rings (SSSR count). The fourth-order valence-corrected chi connectivity index (χ4v) is 2.86. The maximum absolute atomic E-state index is 12.1. The van der Waals surface area contributed by atoms with Crippen LogP contribution in [-0.4, -0.2) is 37.1 Å². The van der Waals surface area contributed by atoms with E-state index in [0.717, 1.165) is 5.39 Å². The van der Waals surface area contributed by atoms with Crippen LogP contribution in [0.5, 0.6) is 23.0 Å². The van der Waals surface area contributed by atoms with Crippen molar-refractivity contribution in [3.05, 3.63) is 54.2 Å². The number of pyridine rings is 1. The number of hydrogen-bond acceptors (Lipinski definition) is 7. The average Bonchev–Trinajstić information content (AvgIpc) is 3.20. The van der Waals surface area contributed by atoms with Crippen LogP contribution >= 0.6 is 0 Å². The third-order valence-corrected chi connectivity index (χ3v) is 4.15. The molecule has 0 unspecified atom stereocenters. The number of aromatic nitrogens is 1. The summed E-state index contributed by atoms with van der Waals surface area (Å²) in [5, 5.41) is 4.93. The Bertz CT molecular complexity index is 1060. The Labute approximate surface area is 167 Å². The molecule has 0 fully saturated rings. The van der Waals surface area contributed by atoms with Crippen molar-refractivity contribution < 1.29 is 23.7 Å². The number of carbonyl (C=O) groups excluding carboxylic acids is 1. The van der Waals surface area contributed by atoms with Crippen LogP contribution in [0.2, 0.25) is 0 Å². The Morgan fingerprint density at radius 2 is 2.00 bits per heavy atom. The van der Waals surface area contributed by atoms with Gasteiger partial charge in [0, 0.05) is 23.2 Å². The lowest BCUT2D eigenvalue weighted by atomic mass is 10.2. The molecule has 0 radical (unpaired) electrons. The van der Waals surface area contributed by atoms with Gasteiger partial charge in [-0.1, -0.05) is 18.2 Å². The van der Waals surface area contributed by atoms with E-state index >= 15 is 0 Å². The second-order valence-electron chi connectivity index (χ2n) is 6.09. The van der Waals surface area contributed by atoms with Crippen molar-refractivity contribution in [3.8, 4) is 23.0 Å². The highest BCUT2D eigenvalue weighted by atomic mass is 16.7. The predicted octanol–water partition coefficient (Wildman–Crippen LogP) is 2.89. The molecular formula is C21H19N3O5. The largest absolute Gasteiger partial charge is 0.493 e. The summed E-state index contributed by atoms with van der Waals surface area (Å²) in [5.41, 5.74) is 3.81. The van der Waals surface area contributed by atoms with Crippen molar-refractivity contribution in [1.29, 1.82) is 0 Å². The molecule has 148 valence electrons. The lowest BCUT2D eigenvalue weighted by Gasteiger charge is -2.09. The van der Waals surface area contributed by atoms with Crippen molar-refractivity contribution in [3.63, 3.8) is 0 Å². The molecule has 0 saturated carbocycles. The molecule has 1 aliphatic rings. The lowest BCUT2D eigenvalue weighted by Crippen LogP contribution is -2.24. The van der Waals surface area contributed by atoms with Crippen LogP contribution in [0.1, 0.15) is 12.5 Å². The van der Waals surface area contributed by atoms with Gasteiger partial charge in [-0.2, -0.15) is 5.10 Å². The van der Waals surface area contributed by atoms with Crippen molar-refractivity contribution >= 4 is 23.0 Å². The Balaban J connectivity index is 1.39. The molecule has 2 aromatic carbocycles. The summed E-state index contributed by atoms with van der Waals surface area (Å²) in [7, 11) is 0. The third kappa shape index (κ3) is 4.21. The fourth-order valence-electron chi connectivity index (χ4n) is 2.86. The second kappa shape index (κ2) is 8.47. The normalized spacial score (nSPS) is 12.3. The van der Waals surface area contributed by atoms with Gasteiger partial charge < -0.3 is 18.9 Å². The molecule has 1 aromatic heterocycles. The summed E-state index contributed by atoms with van der Waals surface area (Å²) < 4.78 is 21.9. The molecule has 1 amide bonds. The summed E-state index contributed by atoms with van der Waals surface area (Å²) in [6.07, 6.45) is 3.17. The Kier molecular flexibility index (Phi) is 5.42. The summed E-state index contributed by atoms with van der Waals surface area (Å²) >= 11 is 0. The highest BCUT2D eigenvalue weighted by molar-refractivity contribution is 5.87. The van der Waals surface area contributed by atoms with Gasteiger partial charge >= 0.3 is 0 Å². The molecule has 2 heterocycles. The average molecular weight is 393 g/mol. The monoisotopic (exact) mass is 393 g/mol. The van der Waals surface area contributed by atoms with E-state index in [4.69, 9.17) is 18.9 Å². The van der Waals surface area contributed by atoms with Crippen LogP contribution in [0.3, 0.4) is 0 Å². The number of carbonyl (C=O) groups is 1. The zero-order valence-corrected chi connectivity index (χ0v) is 15.8. The molecular weight excluding hydrogens is 374 g/mol. The zero-order chi connectivity index (χ0) is 20.1. The van der Waals surface area contributed by atoms with E-state index in [-0.39, 0.29) is 13.4 Å². The standard InChI is InChI=1S/C21H19N3O5/c1-2-26-17-10-19-18(28-13-29-19)9-15(17)11-23-24-20(25)12-27-16-7-3-5-14-6-4-8-22-21(14)16/h3-11H,2,12-13H2,1H3,(H,24,25)/b23-11+. The molecule has 3 aromatic rings. The number of nitrogens with one attached hydrogen (secondary N) is 1. The molecule has 29 heavy (non-hydrogen) atoms. The number of hydrogen-bond donors (Lipinski definition) is 1. The number of amides is 1. The number of ether oxygens (including phenoxy) is 4. The van der Waals surface area contributed by atoms with Crippen LogP contribution < -0.4 is 24.4 Å². The smallest absolute Gasteiger partial charge is 0.277 e. The highest BCUT2D eigenvalue weighted by Gasteiger charge is 2.17. The van der Waals surface area contributed by atoms with E-state index in [0.29, 0.717) is 40.7 Å². The van der Waals surface area contributed by atoms with Crippen molar-refractivity contribution in [2.75, 3.05) is 20.0 Å². The van der Waals surface area contributed by atoms with Crippen molar-refractivity contribution in [2.24, 2.45) is 5.10 Å². The summed E-state index contributed by atoms with van der Waals surface area (Å²) in [6.45, 7) is 2.34. The molecule has 0 aliphatic carbocycles. The SMILES string of the molecule is CCOc1cc2c(cc1/C=N/NC(=O)COc1cccc3cccnc13)OCO2. The number of benzene rings is 2. The van der Waals surface area contributed by atoms with E-state index < -0.39 is 5.91 Å². The number of nitrogens with zero attached hydrogens (tertiary/aromatic N) is 2. The summed E-state index contributed by atoms with van der Waals surface area (Å²) in [4.78, 5) is 16.4. The van der Waals surface area contributed by atoms with Crippen LogP contribution in [0.4, 0.5) is 0 Å². The first-order valence-corrected chi connectivity index (χ1v) is 9.09. The van der Waals surface area contributed by atoms with Crippen LogP contribution in [0.25, 0.3) is 10.9 Å². The van der Waals surface area contributed by atoms with Crippen molar-refractivity contribution in [2.45, 2.75) is 6.92 Å². The topological polar surface area (TPSA) is 91.3 Å². The first kappa shape index (κ1) is 18.5. The minimum atomic E-state index is -0.395. The molecule has 8 nitrogen and oxygen atoms in total. The molecule has 1 aliphatic heterocycles. The molecule has 0 saturated heterocycles. The quantitative estimate of drug-likeness (QED) is 0.490. The van der Waals surface area contributed by atoms with Gasteiger partial charge in [0.2, 0.25) is 6.79 Å². The van der Waals surface area contributed by atoms with Gasteiger partial charge in [0.1, 0.15) is 17.0 Å². The minimum Gasteiger partial charge on any atom is -0.493 e. The maximum atomic E-state index is 12.1. The van der Waals surface area contributed by atoms with Gasteiger partial charge in [-0.05, 0) is 25.1 Å². The van der Waals surface area contributed by atoms with Crippen molar-refractivity contribution in [1.82, 2.24) is 10.4 Å². The van der Waals surface area contributed by atoms with Gasteiger partial charge in [0.05, 0.1) is 12.8 Å². The first-order valence-electron chi connectivity index (χ1n) is 9.09. The Hall–Kier alpha value is -3.81. The first-order chi connectivity index (χ1) is 14.2. The van der Waals surface area contributed by atoms with Crippen LogP contribution in [-0.2, 0) is 4.79 Å². The van der Waals surface area contributed by atoms with Gasteiger partial charge in [-0.25, -0.2) is 5.43 Å². The van der Waals surface area contributed by atoms with Crippen LogP contribution in [0, 0.1) is 0 Å². The summed E-state index contributed by atoms with van der Waals surface area (Å²) in [5.74, 6) is 1.96. The van der Waals surface area contributed by atoms with Gasteiger partial charge in [-0.15, -0.1) is 0 Å². The third-order valence-electron chi connectivity index (χ3n) is 4.15. The fraction of sp³-hybridized carbons (Fsp3) is 0.190.